The Hall–Kier alpha value is -0.350. The zero-order valence-electron chi connectivity index (χ0n) is 9.04. The number of benzene rings is 1. The number of carbonyl (C=O) groups is 1. The molecule has 0 N–H and O–H groups in total. The van der Waals surface area contributed by atoms with Gasteiger partial charge in [-0.25, -0.2) is 0 Å². The van der Waals surface area contributed by atoms with Gasteiger partial charge >= 0.3 is 0 Å². The maximum Gasteiger partial charge on any atom is 0.255 e. The van der Waals surface area contributed by atoms with Gasteiger partial charge < -0.3 is 4.90 Å². The molecule has 1 fully saturated rings. The maximum atomic E-state index is 12.2. The Morgan fingerprint density at radius 1 is 1.44 bits per heavy atom. The van der Waals surface area contributed by atoms with Crippen molar-refractivity contribution in [2.24, 2.45) is 5.92 Å². The number of hydrogen-bond acceptors (Lipinski definition) is 1. The van der Waals surface area contributed by atoms with Crippen LogP contribution in [0.5, 0.6) is 0 Å². The minimum absolute atomic E-state index is 0.123. The van der Waals surface area contributed by atoms with E-state index in [0.717, 1.165) is 34.0 Å². The predicted octanol–water partition coefficient (Wildman–Crippen LogP) is 3.69. The summed E-state index contributed by atoms with van der Waals surface area (Å²) >= 11 is 6.82. The molecule has 1 heterocycles. The third-order valence-electron chi connectivity index (χ3n) is 2.87. The second-order valence-electron chi connectivity index (χ2n) is 4.27. The van der Waals surface area contributed by atoms with E-state index in [1.165, 1.54) is 0 Å². The number of nitrogens with zero attached hydrogens (tertiary/aromatic N) is 1. The van der Waals surface area contributed by atoms with Crippen LogP contribution in [0.15, 0.2) is 27.1 Å². The Morgan fingerprint density at radius 3 is 2.81 bits per heavy atom. The third kappa shape index (κ3) is 2.48. The number of rotatable bonds is 1. The Kier molecular flexibility index (Phi) is 3.70. The van der Waals surface area contributed by atoms with Crippen molar-refractivity contribution in [3.63, 3.8) is 0 Å². The van der Waals surface area contributed by atoms with Crippen LogP contribution < -0.4 is 0 Å². The highest BCUT2D eigenvalue weighted by Gasteiger charge is 2.25. The van der Waals surface area contributed by atoms with Crippen LogP contribution in [0.2, 0.25) is 0 Å². The van der Waals surface area contributed by atoms with E-state index < -0.39 is 0 Å². The molecular formula is C12H13Br2NO. The molecular weight excluding hydrogens is 334 g/mol. The minimum Gasteiger partial charge on any atom is -0.338 e. The molecule has 0 saturated carbocycles. The minimum atomic E-state index is 0.123. The van der Waals surface area contributed by atoms with Gasteiger partial charge in [0.1, 0.15) is 0 Å². The summed E-state index contributed by atoms with van der Waals surface area (Å²) < 4.78 is 1.80. The lowest BCUT2D eigenvalue weighted by atomic mass is 10.2. The van der Waals surface area contributed by atoms with Gasteiger partial charge in [-0.05, 0) is 46.5 Å². The van der Waals surface area contributed by atoms with Crippen LogP contribution in [0.1, 0.15) is 23.7 Å². The zero-order valence-corrected chi connectivity index (χ0v) is 12.2. The molecule has 86 valence electrons. The average molecular weight is 347 g/mol. The lowest BCUT2D eigenvalue weighted by molar-refractivity contribution is 0.0787. The molecule has 0 radical (unpaired) electrons. The van der Waals surface area contributed by atoms with E-state index in [1.54, 1.807) is 0 Å². The van der Waals surface area contributed by atoms with E-state index in [4.69, 9.17) is 0 Å². The molecule has 2 nitrogen and oxygen atoms in total. The van der Waals surface area contributed by atoms with Crippen molar-refractivity contribution in [3.05, 3.63) is 32.7 Å². The van der Waals surface area contributed by atoms with Gasteiger partial charge in [-0.2, -0.15) is 0 Å². The fourth-order valence-corrected chi connectivity index (χ4v) is 2.73. The van der Waals surface area contributed by atoms with Crippen LogP contribution in [0.25, 0.3) is 0 Å². The van der Waals surface area contributed by atoms with E-state index in [9.17, 15) is 4.79 Å². The van der Waals surface area contributed by atoms with Gasteiger partial charge in [0.25, 0.3) is 5.91 Å². The highest BCUT2D eigenvalue weighted by Crippen LogP contribution is 2.25. The van der Waals surface area contributed by atoms with Crippen LogP contribution >= 0.6 is 31.9 Å². The summed E-state index contributed by atoms with van der Waals surface area (Å²) in [5, 5.41) is 0. The molecule has 1 aromatic carbocycles. The number of amides is 1. The van der Waals surface area contributed by atoms with Gasteiger partial charge in [0.05, 0.1) is 5.56 Å². The molecule has 2 rings (SSSR count). The van der Waals surface area contributed by atoms with Crippen LogP contribution in [-0.2, 0) is 0 Å². The first-order valence-corrected chi connectivity index (χ1v) is 6.91. The van der Waals surface area contributed by atoms with Crippen molar-refractivity contribution in [2.45, 2.75) is 13.3 Å². The van der Waals surface area contributed by atoms with Gasteiger partial charge in [-0.1, -0.05) is 22.9 Å². The van der Waals surface area contributed by atoms with E-state index >= 15 is 0 Å². The van der Waals surface area contributed by atoms with Gasteiger partial charge in [0.2, 0.25) is 0 Å². The fraction of sp³-hybridized carbons (Fsp3) is 0.417. The summed E-state index contributed by atoms with van der Waals surface area (Å²) in [6.07, 6.45) is 1.11. The average Bonchev–Trinajstić information content (AvgIpc) is 2.67. The first-order valence-electron chi connectivity index (χ1n) is 5.32. The molecule has 0 aliphatic carbocycles. The predicted molar refractivity (Wildman–Crippen MR) is 71.5 cm³/mol. The van der Waals surface area contributed by atoms with Crippen LogP contribution in [0.4, 0.5) is 0 Å². The molecule has 16 heavy (non-hydrogen) atoms. The lowest BCUT2D eigenvalue weighted by Crippen LogP contribution is -2.28. The summed E-state index contributed by atoms with van der Waals surface area (Å²) in [5.74, 6) is 0.743. The molecule has 1 amide bonds. The number of carbonyl (C=O) groups excluding carboxylic acids is 1. The largest absolute Gasteiger partial charge is 0.338 e. The number of likely N-dealkylation sites (tertiary alicyclic amines) is 1. The second-order valence-corrected chi connectivity index (χ2v) is 6.04. The molecule has 1 atom stereocenters. The lowest BCUT2D eigenvalue weighted by Gasteiger charge is -2.16. The fourth-order valence-electron chi connectivity index (χ4n) is 1.95. The van der Waals surface area contributed by atoms with E-state index in [2.05, 4.69) is 38.8 Å². The smallest absolute Gasteiger partial charge is 0.255 e. The van der Waals surface area contributed by atoms with Crippen molar-refractivity contribution in [1.82, 2.24) is 4.90 Å². The van der Waals surface area contributed by atoms with Gasteiger partial charge in [0, 0.05) is 22.0 Å². The van der Waals surface area contributed by atoms with Crippen molar-refractivity contribution >= 4 is 37.8 Å². The van der Waals surface area contributed by atoms with Crippen LogP contribution in [0, 0.1) is 5.92 Å². The van der Waals surface area contributed by atoms with Crippen molar-refractivity contribution in [3.8, 4) is 0 Å². The Morgan fingerprint density at radius 2 is 2.19 bits per heavy atom. The van der Waals surface area contributed by atoms with E-state index in [0.29, 0.717) is 5.92 Å². The van der Waals surface area contributed by atoms with Gasteiger partial charge in [-0.15, -0.1) is 0 Å². The first-order chi connectivity index (χ1) is 7.58. The zero-order chi connectivity index (χ0) is 11.7. The normalized spacial score (nSPS) is 20.2. The third-order valence-corrected chi connectivity index (χ3v) is 4.05. The summed E-state index contributed by atoms with van der Waals surface area (Å²) in [6.45, 7) is 3.93. The SMILES string of the molecule is CC1CCN(C(=O)c2cc(Br)ccc2Br)C1. The molecule has 1 aromatic rings. The van der Waals surface area contributed by atoms with Gasteiger partial charge in [0.15, 0.2) is 0 Å². The summed E-state index contributed by atoms with van der Waals surface area (Å²) in [7, 11) is 0. The number of hydrogen-bond donors (Lipinski definition) is 0. The molecule has 0 spiro atoms. The number of halogens is 2. The summed E-state index contributed by atoms with van der Waals surface area (Å²) in [6, 6.07) is 5.69. The van der Waals surface area contributed by atoms with Crippen molar-refractivity contribution in [1.29, 1.82) is 0 Å². The Bertz CT molecular complexity index is 419. The standard InChI is InChI=1S/C12H13Br2NO/c1-8-4-5-15(7-8)12(16)10-6-9(13)2-3-11(10)14/h2-3,6,8H,4-5,7H2,1H3. The molecule has 1 aliphatic heterocycles. The molecule has 1 unspecified atom stereocenters. The van der Waals surface area contributed by atoms with E-state index in [-0.39, 0.29) is 5.91 Å². The van der Waals surface area contributed by atoms with Crippen LogP contribution in [-0.4, -0.2) is 23.9 Å². The highest BCUT2D eigenvalue weighted by molar-refractivity contribution is 9.11. The second kappa shape index (κ2) is 4.88. The van der Waals surface area contributed by atoms with Crippen LogP contribution in [0.3, 0.4) is 0 Å². The van der Waals surface area contributed by atoms with Crippen molar-refractivity contribution < 1.29 is 4.79 Å². The quantitative estimate of drug-likeness (QED) is 0.759. The molecule has 1 saturated heterocycles. The Labute approximate surface area is 112 Å². The first kappa shape index (κ1) is 12.1. The summed E-state index contributed by atoms with van der Waals surface area (Å²) in [4.78, 5) is 14.2. The van der Waals surface area contributed by atoms with Gasteiger partial charge in [-0.3, -0.25) is 4.79 Å². The highest BCUT2D eigenvalue weighted by atomic mass is 79.9. The van der Waals surface area contributed by atoms with E-state index in [1.807, 2.05) is 23.1 Å². The topological polar surface area (TPSA) is 20.3 Å². The molecule has 4 heteroatoms. The molecule has 1 aliphatic rings. The Balaban J connectivity index is 2.23. The molecule has 0 bridgehead atoms. The molecule has 0 aromatic heterocycles. The van der Waals surface area contributed by atoms with Crippen molar-refractivity contribution in [2.75, 3.05) is 13.1 Å². The maximum absolute atomic E-state index is 12.2. The monoisotopic (exact) mass is 345 g/mol. The summed E-state index contributed by atoms with van der Waals surface area (Å²) in [5.41, 5.74) is 0.739.